The van der Waals surface area contributed by atoms with E-state index in [0.29, 0.717) is 17.0 Å². The zero-order chi connectivity index (χ0) is 22.8. The maximum atomic E-state index is 13.0. The van der Waals surface area contributed by atoms with Gasteiger partial charge in [0.15, 0.2) is 5.49 Å². The molecule has 0 unspecified atom stereocenters. The smallest absolute Gasteiger partial charge is 0.341 e. The molecule has 162 valence electrons. The minimum Gasteiger partial charge on any atom is -0.497 e. The molecule has 3 aromatic heterocycles. The van der Waals surface area contributed by atoms with Gasteiger partial charge in [0, 0.05) is 18.8 Å². The summed E-state index contributed by atoms with van der Waals surface area (Å²) in [5, 5.41) is 0.204. The van der Waals surface area contributed by atoms with Crippen LogP contribution in [0.15, 0.2) is 64.5 Å². The van der Waals surface area contributed by atoms with Gasteiger partial charge in [-0.05, 0) is 49.4 Å². The molecule has 1 aromatic carbocycles. The molecule has 0 radical (unpaired) electrons. The summed E-state index contributed by atoms with van der Waals surface area (Å²) in [5.41, 5.74) is 0.724. The van der Waals surface area contributed by atoms with E-state index in [4.69, 9.17) is 9.47 Å². The molecule has 3 heterocycles. The molecule has 0 aliphatic heterocycles. The number of amides is 1. The second-order valence-corrected chi connectivity index (χ2v) is 6.89. The molecule has 0 saturated carbocycles. The number of aryl methyl sites for hydroxylation is 1. The van der Waals surface area contributed by atoms with Gasteiger partial charge in [-0.3, -0.25) is 14.0 Å². The number of benzene rings is 1. The van der Waals surface area contributed by atoms with Crippen LogP contribution in [0, 0.1) is 0 Å². The van der Waals surface area contributed by atoms with E-state index >= 15 is 0 Å². The maximum absolute atomic E-state index is 13.0. The highest BCUT2D eigenvalue weighted by molar-refractivity contribution is 5.97. The van der Waals surface area contributed by atoms with Crippen molar-refractivity contribution in [1.82, 2.24) is 14.0 Å². The molecule has 9 heteroatoms. The third kappa shape index (κ3) is 3.64. The highest BCUT2D eigenvalue weighted by Crippen LogP contribution is 2.13. The number of pyridine rings is 2. The molecular weight excluding hydrogens is 412 g/mol. The third-order valence-corrected chi connectivity index (χ3v) is 4.95. The minimum absolute atomic E-state index is 0.00140. The zero-order valence-corrected chi connectivity index (χ0v) is 17.7. The van der Waals surface area contributed by atoms with Crippen LogP contribution in [-0.2, 0) is 11.8 Å². The Morgan fingerprint density at radius 3 is 2.56 bits per heavy atom. The fraction of sp³-hybridized carbons (Fsp3) is 0.174. The van der Waals surface area contributed by atoms with Crippen molar-refractivity contribution in [2.75, 3.05) is 13.7 Å². The van der Waals surface area contributed by atoms with Crippen LogP contribution in [-0.4, -0.2) is 39.5 Å². The molecule has 0 saturated heterocycles. The predicted octanol–water partition coefficient (Wildman–Crippen LogP) is 2.11. The van der Waals surface area contributed by atoms with Gasteiger partial charge in [0.05, 0.1) is 19.1 Å². The van der Waals surface area contributed by atoms with Gasteiger partial charge in [-0.1, -0.05) is 6.07 Å². The second-order valence-electron chi connectivity index (χ2n) is 6.89. The number of rotatable bonds is 4. The summed E-state index contributed by atoms with van der Waals surface area (Å²) in [5.74, 6) is -0.656. The first-order chi connectivity index (χ1) is 15.4. The third-order valence-electron chi connectivity index (χ3n) is 4.95. The molecule has 4 aromatic rings. The molecule has 0 spiro atoms. The molecule has 4 rings (SSSR count). The predicted molar refractivity (Wildman–Crippen MR) is 117 cm³/mol. The lowest BCUT2D eigenvalue weighted by atomic mass is 10.2. The number of nitrogens with zero attached hydrogens (tertiary/aromatic N) is 4. The fourth-order valence-corrected chi connectivity index (χ4v) is 3.35. The average Bonchev–Trinajstić information content (AvgIpc) is 2.81. The summed E-state index contributed by atoms with van der Waals surface area (Å²) in [6.45, 7) is 1.80. The zero-order valence-electron chi connectivity index (χ0n) is 17.7. The van der Waals surface area contributed by atoms with Crippen LogP contribution < -0.4 is 15.8 Å². The Hall–Kier alpha value is -4.27. The van der Waals surface area contributed by atoms with Gasteiger partial charge in [-0.2, -0.15) is 4.99 Å². The van der Waals surface area contributed by atoms with E-state index < -0.39 is 11.9 Å². The number of ether oxygens (including phenoxy) is 2. The van der Waals surface area contributed by atoms with Crippen molar-refractivity contribution in [2.24, 2.45) is 12.0 Å². The highest BCUT2D eigenvalue weighted by Gasteiger charge is 2.18. The number of carbonyl (C=O) groups excluding carboxylic acids is 2. The van der Waals surface area contributed by atoms with Crippen LogP contribution >= 0.6 is 0 Å². The van der Waals surface area contributed by atoms with Crippen LogP contribution in [0.4, 0.5) is 0 Å². The van der Waals surface area contributed by atoms with Gasteiger partial charge in [0.2, 0.25) is 0 Å². The number of aromatic nitrogens is 3. The Bertz CT molecular complexity index is 1480. The lowest BCUT2D eigenvalue weighted by Crippen LogP contribution is -2.31. The van der Waals surface area contributed by atoms with Gasteiger partial charge in [0.25, 0.3) is 11.5 Å². The van der Waals surface area contributed by atoms with Crippen molar-refractivity contribution >= 4 is 28.6 Å². The van der Waals surface area contributed by atoms with E-state index in [9.17, 15) is 14.4 Å². The molecule has 0 aliphatic rings. The van der Waals surface area contributed by atoms with Crippen molar-refractivity contribution in [1.29, 1.82) is 0 Å². The van der Waals surface area contributed by atoms with E-state index in [1.807, 2.05) is 0 Å². The van der Waals surface area contributed by atoms with Crippen LogP contribution in [0.3, 0.4) is 0 Å². The van der Waals surface area contributed by atoms with Gasteiger partial charge in [-0.25, -0.2) is 9.78 Å². The van der Waals surface area contributed by atoms with E-state index in [-0.39, 0.29) is 34.3 Å². The standard InChI is InChI=1S/C23H20N4O5/c1-4-32-23(30)17-13-16-19(24-18-7-5-6-12-27(18)22(16)29)26(2)20(17)25-21(28)14-8-10-15(31-3)11-9-14/h5-13H,4H2,1-3H3. The molecule has 0 N–H and O–H groups in total. The number of methoxy groups -OCH3 is 1. The van der Waals surface area contributed by atoms with Crippen molar-refractivity contribution < 1.29 is 19.1 Å². The molecule has 1 amide bonds. The summed E-state index contributed by atoms with van der Waals surface area (Å²) in [7, 11) is 3.12. The van der Waals surface area contributed by atoms with Crippen LogP contribution in [0.25, 0.3) is 16.7 Å². The molecule has 9 nitrogen and oxygen atoms in total. The molecule has 0 bridgehead atoms. The Labute approximate surface area is 182 Å². The van der Waals surface area contributed by atoms with Crippen molar-refractivity contribution in [3.63, 3.8) is 0 Å². The van der Waals surface area contributed by atoms with E-state index in [1.165, 1.54) is 22.1 Å². The first kappa shape index (κ1) is 21.0. The van der Waals surface area contributed by atoms with Gasteiger partial charge in [0.1, 0.15) is 22.6 Å². The van der Waals surface area contributed by atoms with E-state index in [1.54, 1.807) is 62.6 Å². The van der Waals surface area contributed by atoms with E-state index in [2.05, 4.69) is 9.98 Å². The lowest BCUT2D eigenvalue weighted by Gasteiger charge is -2.11. The monoisotopic (exact) mass is 432 g/mol. The highest BCUT2D eigenvalue weighted by atomic mass is 16.5. The van der Waals surface area contributed by atoms with Crippen LogP contribution in [0.1, 0.15) is 27.6 Å². The Morgan fingerprint density at radius 1 is 1.12 bits per heavy atom. The second kappa shape index (κ2) is 8.46. The normalized spacial score (nSPS) is 11.7. The summed E-state index contributed by atoms with van der Waals surface area (Å²) >= 11 is 0. The first-order valence-corrected chi connectivity index (χ1v) is 9.86. The average molecular weight is 432 g/mol. The van der Waals surface area contributed by atoms with Gasteiger partial charge >= 0.3 is 5.97 Å². The summed E-state index contributed by atoms with van der Waals surface area (Å²) in [6, 6.07) is 13.0. The topological polar surface area (TPSA) is 104 Å². The van der Waals surface area contributed by atoms with Crippen molar-refractivity contribution in [3.05, 3.63) is 81.7 Å². The van der Waals surface area contributed by atoms with Gasteiger partial charge < -0.3 is 14.0 Å². The molecule has 32 heavy (non-hydrogen) atoms. The summed E-state index contributed by atoms with van der Waals surface area (Å²) in [6.07, 6.45) is 1.60. The first-order valence-electron chi connectivity index (χ1n) is 9.86. The molecule has 0 atom stereocenters. The van der Waals surface area contributed by atoms with E-state index in [0.717, 1.165) is 0 Å². The number of fused-ring (bicyclic) bond motifs is 2. The van der Waals surface area contributed by atoms with Crippen LogP contribution in [0.2, 0.25) is 0 Å². The van der Waals surface area contributed by atoms with Gasteiger partial charge in [-0.15, -0.1) is 0 Å². The van der Waals surface area contributed by atoms with Crippen LogP contribution in [0.5, 0.6) is 5.75 Å². The number of carbonyl (C=O) groups is 2. The Balaban J connectivity index is 2.01. The fourth-order valence-electron chi connectivity index (χ4n) is 3.35. The number of hydrogen-bond acceptors (Lipinski definition) is 6. The number of esters is 1. The summed E-state index contributed by atoms with van der Waals surface area (Å²) in [4.78, 5) is 47.3. The lowest BCUT2D eigenvalue weighted by molar-refractivity contribution is 0.0523. The van der Waals surface area contributed by atoms with Crippen molar-refractivity contribution in [3.8, 4) is 5.75 Å². The Morgan fingerprint density at radius 2 is 1.88 bits per heavy atom. The Kier molecular flexibility index (Phi) is 5.55. The van der Waals surface area contributed by atoms with Crippen molar-refractivity contribution in [2.45, 2.75) is 6.92 Å². The largest absolute Gasteiger partial charge is 0.497 e. The number of hydrogen-bond donors (Lipinski definition) is 0. The maximum Gasteiger partial charge on any atom is 0.341 e. The molecular formula is C23H20N4O5. The quantitative estimate of drug-likeness (QED) is 0.361. The summed E-state index contributed by atoms with van der Waals surface area (Å²) < 4.78 is 13.1. The SMILES string of the molecule is CCOC(=O)c1cc2c(=O)n3ccccc3nc2n(C)c1=NC(=O)c1ccc(OC)cc1. The minimum atomic E-state index is -0.691. The molecule has 0 aliphatic carbocycles. The molecule has 0 fully saturated rings.